The Kier molecular flexibility index (Phi) is 3.51. The van der Waals surface area contributed by atoms with Crippen LogP contribution in [-0.4, -0.2) is 17.4 Å². The van der Waals surface area contributed by atoms with Gasteiger partial charge in [0.1, 0.15) is 5.41 Å². The van der Waals surface area contributed by atoms with Crippen molar-refractivity contribution in [2.45, 2.75) is 20.3 Å². The van der Waals surface area contributed by atoms with Crippen LogP contribution in [0.4, 0.5) is 0 Å². The maximum atomic E-state index is 11.5. The molecule has 0 aliphatic rings. The SMILES string of the molecule is CC(C)(C#N)C(=O)NCCc1ccc[nH]1. The summed E-state index contributed by atoms with van der Waals surface area (Å²) in [6, 6.07) is 5.84. The van der Waals surface area contributed by atoms with E-state index in [-0.39, 0.29) is 5.91 Å². The number of nitrogens with one attached hydrogen (secondary N) is 2. The lowest BCUT2D eigenvalue weighted by Gasteiger charge is -2.14. The van der Waals surface area contributed by atoms with Gasteiger partial charge in [-0.3, -0.25) is 4.79 Å². The van der Waals surface area contributed by atoms with Crippen molar-refractivity contribution in [3.63, 3.8) is 0 Å². The minimum Gasteiger partial charge on any atom is -0.365 e. The molecule has 0 saturated carbocycles. The Hall–Kier alpha value is -1.76. The fourth-order valence-corrected chi connectivity index (χ4v) is 1.11. The van der Waals surface area contributed by atoms with Gasteiger partial charge in [-0.1, -0.05) is 0 Å². The van der Waals surface area contributed by atoms with Crippen LogP contribution in [0.25, 0.3) is 0 Å². The van der Waals surface area contributed by atoms with Crippen LogP contribution >= 0.6 is 0 Å². The maximum Gasteiger partial charge on any atom is 0.239 e. The second-order valence-electron chi connectivity index (χ2n) is 3.94. The lowest BCUT2D eigenvalue weighted by Crippen LogP contribution is -2.37. The summed E-state index contributed by atoms with van der Waals surface area (Å²) < 4.78 is 0. The molecule has 0 spiro atoms. The number of hydrogen-bond donors (Lipinski definition) is 2. The fraction of sp³-hybridized carbons (Fsp3) is 0.455. The monoisotopic (exact) mass is 205 g/mol. The van der Waals surface area contributed by atoms with E-state index < -0.39 is 5.41 Å². The quantitative estimate of drug-likeness (QED) is 0.776. The molecule has 1 aromatic heterocycles. The van der Waals surface area contributed by atoms with Gasteiger partial charge in [0.15, 0.2) is 0 Å². The molecule has 0 atom stereocenters. The topological polar surface area (TPSA) is 68.7 Å². The van der Waals surface area contributed by atoms with Crippen LogP contribution in [0, 0.1) is 16.7 Å². The highest BCUT2D eigenvalue weighted by Crippen LogP contribution is 2.12. The molecule has 0 bridgehead atoms. The summed E-state index contributed by atoms with van der Waals surface area (Å²) >= 11 is 0. The summed E-state index contributed by atoms with van der Waals surface area (Å²) in [5, 5.41) is 11.5. The molecular weight excluding hydrogens is 190 g/mol. The van der Waals surface area contributed by atoms with E-state index >= 15 is 0 Å². The van der Waals surface area contributed by atoms with Crippen molar-refractivity contribution in [3.8, 4) is 6.07 Å². The van der Waals surface area contributed by atoms with E-state index in [9.17, 15) is 4.79 Å². The van der Waals surface area contributed by atoms with Gasteiger partial charge in [0.05, 0.1) is 6.07 Å². The Bertz CT molecular complexity index is 360. The van der Waals surface area contributed by atoms with Crippen molar-refractivity contribution in [2.24, 2.45) is 5.41 Å². The van der Waals surface area contributed by atoms with Crippen LogP contribution in [-0.2, 0) is 11.2 Å². The molecular formula is C11H15N3O. The zero-order valence-corrected chi connectivity index (χ0v) is 9.00. The zero-order valence-electron chi connectivity index (χ0n) is 9.00. The molecule has 4 heteroatoms. The predicted molar refractivity (Wildman–Crippen MR) is 56.9 cm³/mol. The molecule has 80 valence electrons. The van der Waals surface area contributed by atoms with E-state index in [1.807, 2.05) is 24.4 Å². The highest BCUT2D eigenvalue weighted by molar-refractivity contribution is 5.84. The van der Waals surface area contributed by atoms with E-state index in [2.05, 4.69) is 10.3 Å². The van der Waals surface area contributed by atoms with Crippen LogP contribution in [0.1, 0.15) is 19.5 Å². The molecule has 1 rings (SSSR count). The van der Waals surface area contributed by atoms with Gasteiger partial charge >= 0.3 is 0 Å². The molecule has 2 N–H and O–H groups in total. The van der Waals surface area contributed by atoms with Crippen molar-refractivity contribution in [3.05, 3.63) is 24.0 Å². The van der Waals surface area contributed by atoms with Crippen LogP contribution < -0.4 is 5.32 Å². The summed E-state index contributed by atoms with van der Waals surface area (Å²) in [7, 11) is 0. The van der Waals surface area contributed by atoms with Crippen molar-refractivity contribution in [1.29, 1.82) is 5.26 Å². The van der Waals surface area contributed by atoms with Gasteiger partial charge in [-0.2, -0.15) is 5.26 Å². The van der Waals surface area contributed by atoms with Crippen LogP contribution in [0.15, 0.2) is 18.3 Å². The molecule has 15 heavy (non-hydrogen) atoms. The van der Waals surface area contributed by atoms with Crippen LogP contribution in [0.2, 0.25) is 0 Å². The summed E-state index contributed by atoms with van der Waals surface area (Å²) in [5.41, 5.74) is 0.125. The molecule has 0 radical (unpaired) electrons. The van der Waals surface area contributed by atoms with Gasteiger partial charge < -0.3 is 10.3 Å². The number of carbonyl (C=O) groups excluding carboxylic acids is 1. The Labute approximate surface area is 89.3 Å². The summed E-state index contributed by atoms with van der Waals surface area (Å²) in [5.74, 6) is -0.225. The average Bonchev–Trinajstić information content (AvgIpc) is 2.70. The van der Waals surface area contributed by atoms with Crippen molar-refractivity contribution in [2.75, 3.05) is 6.54 Å². The van der Waals surface area contributed by atoms with Crippen LogP contribution in [0.5, 0.6) is 0 Å². The molecule has 0 unspecified atom stereocenters. The first-order valence-corrected chi connectivity index (χ1v) is 4.88. The number of H-pyrrole nitrogens is 1. The molecule has 0 aromatic carbocycles. The Balaban J connectivity index is 2.33. The summed E-state index contributed by atoms with van der Waals surface area (Å²) in [6.45, 7) is 3.76. The number of amides is 1. The van der Waals surface area contributed by atoms with Crippen molar-refractivity contribution >= 4 is 5.91 Å². The highest BCUT2D eigenvalue weighted by atomic mass is 16.2. The van der Waals surface area contributed by atoms with Crippen molar-refractivity contribution < 1.29 is 4.79 Å². The molecule has 0 saturated heterocycles. The smallest absolute Gasteiger partial charge is 0.239 e. The third-order valence-electron chi connectivity index (χ3n) is 2.19. The molecule has 0 fully saturated rings. The minimum absolute atomic E-state index is 0.225. The number of rotatable bonds is 4. The van der Waals surface area contributed by atoms with Gasteiger partial charge in [0.25, 0.3) is 0 Å². The normalized spacial score (nSPS) is 10.7. The third kappa shape index (κ3) is 3.13. The lowest BCUT2D eigenvalue weighted by molar-refractivity contribution is -0.126. The first kappa shape index (κ1) is 11.3. The van der Waals surface area contributed by atoms with Gasteiger partial charge in [0.2, 0.25) is 5.91 Å². The molecule has 0 aliphatic heterocycles. The first-order valence-electron chi connectivity index (χ1n) is 4.88. The van der Waals surface area contributed by atoms with Crippen LogP contribution in [0.3, 0.4) is 0 Å². The summed E-state index contributed by atoms with van der Waals surface area (Å²) in [4.78, 5) is 14.5. The average molecular weight is 205 g/mol. The number of aromatic nitrogens is 1. The number of nitrogens with zero attached hydrogens (tertiary/aromatic N) is 1. The Morgan fingerprint density at radius 2 is 2.40 bits per heavy atom. The number of nitriles is 1. The standard InChI is InChI=1S/C11H15N3O/c1-11(2,8-12)10(15)14-7-5-9-4-3-6-13-9/h3-4,6,13H,5,7H2,1-2H3,(H,14,15). The van der Waals surface area contributed by atoms with Gasteiger partial charge in [-0.15, -0.1) is 0 Å². The van der Waals surface area contributed by atoms with Crippen molar-refractivity contribution in [1.82, 2.24) is 10.3 Å². The number of carbonyl (C=O) groups is 1. The van der Waals surface area contributed by atoms with E-state index in [0.717, 1.165) is 12.1 Å². The van der Waals surface area contributed by atoms with E-state index in [0.29, 0.717) is 6.54 Å². The van der Waals surface area contributed by atoms with E-state index in [1.165, 1.54) is 0 Å². The molecule has 0 aliphatic carbocycles. The molecule has 1 heterocycles. The number of aromatic amines is 1. The number of hydrogen-bond acceptors (Lipinski definition) is 2. The van der Waals surface area contributed by atoms with Gasteiger partial charge in [-0.05, 0) is 26.0 Å². The Morgan fingerprint density at radius 3 is 2.93 bits per heavy atom. The molecule has 4 nitrogen and oxygen atoms in total. The highest BCUT2D eigenvalue weighted by Gasteiger charge is 2.26. The van der Waals surface area contributed by atoms with Gasteiger partial charge in [-0.25, -0.2) is 0 Å². The molecule has 1 aromatic rings. The minimum atomic E-state index is -0.949. The fourth-order valence-electron chi connectivity index (χ4n) is 1.11. The lowest BCUT2D eigenvalue weighted by atomic mass is 9.95. The molecule has 1 amide bonds. The third-order valence-corrected chi connectivity index (χ3v) is 2.19. The first-order chi connectivity index (χ1) is 7.06. The Morgan fingerprint density at radius 1 is 1.67 bits per heavy atom. The maximum absolute atomic E-state index is 11.5. The zero-order chi connectivity index (χ0) is 11.3. The largest absolute Gasteiger partial charge is 0.365 e. The second-order valence-corrected chi connectivity index (χ2v) is 3.94. The van der Waals surface area contributed by atoms with E-state index in [1.54, 1.807) is 13.8 Å². The van der Waals surface area contributed by atoms with E-state index in [4.69, 9.17) is 5.26 Å². The second kappa shape index (κ2) is 4.65. The van der Waals surface area contributed by atoms with Gasteiger partial charge in [0, 0.05) is 24.9 Å². The summed E-state index contributed by atoms with van der Waals surface area (Å²) in [6.07, 6.45) is 2.59. The predicted octanol–water partition coefficient (Wildman–Crippen LogP) is 1.22.